The van der Waals surface area contributed by atoms with Crippen molar-refractivity contribution in [2.24, 2.45) is 17.3 Å². The molecule has 0 aromatic heterocycles. The first-order chi connectivity index (χ1) is 13.8. The number of esters is 1. The van der Waals surface area contributed by atoms with Crippen molar-refractivity contribution in [1.29, 1.82) is 0 Å². The van der Waals surface area contributed by atoms with Gasteiger partial charge in [0.15, 0.2) is 0 Å². The molecule has 1 aliphatic heterocycles. The quantitative estimate of drug-likeness (QED) is 0.582. The summed E-state index contributed by atoms with van der Waals surface area (Å²) in [4.78, 5) is 14.7. The van der Waals surface area contributed by atoms with E-state index in [0.717, 1.165) is 18.4 Å². The largest absolute Gasteiger partial charge is 0.508 e. The van der Waals surface area contributed by atoms with Crippen LogP contribution in [0.15, 0.2) is 35.4 Å². The van der Waals surface area contributed by atoms with E-state index in [1.54, 1.807) is 29.8 Å². The van der Waals surface area contributed by atoms with E-state index in [1.807, 2.05) is 11.9 Å². The molecule has 5 atom stereocenters. The average Bonchev–Trinajstić information content (AvgIpc) is 2.94. The maximum atomic E-state index is 12.7. The molecule has 0 bridgehead atoms. The summed E-state index contributed by atoms with van der Waals surface area (Å²) in [6, 6.07) is 6.62. The van der Waals surface area contributed by atoms with Gasteiger partial charge in [0.25, 0.3) is 0 Å². The summed E-state index contributed by atoms with van der Waals surface area (Å²) in [7, 11) is 1.95. The number of carbonyl (C=O) groups is 1. The highest BCUT2D eigenvalue weighted by Crippen LogP contribution is 2.55. The number of phenols is 1. The Morgan fingerprint density at radius 1 is 1.31 bits per heavy atom. The van der Waals surface area contributed by atoms with Gasteiger partial charge in [-0.3, -0.25) is 4.79 Å². The summed E-state index contributed by atoms with van der Waals surface area (Å²) in [5.41, 5.74) is 4.05. The highest BCUT2D eigenvalue weighted by Gasteiger charge is 2.53. The van der Waals surface area contributed by atoms with Crippen LogP contribution in [0, 0.1) is 17.3 Å². The van der Waals surface area contributed by atoms with Gasteiger partial charge in [-0.1, -0.05) is 30.2 Å². The highest BCUT2D eigenvalue weighted by atomic mass is 16.6. The van der Waals surface area contributed by atoms with Crippen molar-refractivity contribution in [2.45, 2.75) is 58.2 Å². The van der Waals surface area contributed by atoms with E-state index >= 15 is 0 Å². The molecule has 3 aliphatic rings. The Labute approximate surface area is 173 Å². The smallest absolute Gasteiger partial charge is 0.310 e. The number of aliphatic hydroxyl groups excluding tert-OH is 1. The van der Waals surface area contributed by atoms with Crippen LogP contribution in [0.5, 0.6) is 5.75 Å². The van der Waals surface area contributed by atoms with E-state index in [-0.39, 0.29) is 35.1 Å². The Bertz CT molecular complexity index is 802. The second-order valence-corrected chi connectivity index (χ2v) is 9.66. The van der Waals surface area contributed by atoms with Gasteiger partial charge in [-0.05, 0) is 69.2 Å². The lowest BCUT2D eigenvalue weighted by atomic mass is 9.59. The summed E-state index contributed by atoms with van der Waals surface area (Å²) in [5.74, 6) is 0.216. The van der Waals surface area contributed by atoms with Crippen LogP contribution in [0.3, 0.4) is 0 Å². The van der Waals surface area contributed by atoms with Crippen molar-refractivity contribution in [1.82, 2.24) is 4.90 Å². The van der Waals surface area contributed by atoms with Crippen LogP contribution in [0.25, 0.3) is 0 Å². The Morgan fingerprint density at radius 2 is 2.03 bits per heavy atom. The molecule has 1 aromatic carbocycles. The number of phenolic OH excluding ortho intramolecular Hbond substituents is 1. The number of ether oxygens (including phenoxy) is 1. The molecule has 1 saturated heterocycles. The summed E-state index contributed by atoms with van der Waals surface area (Å²) in [5, 5.41) is 20.0. The number of aromatic hydroxyl groups is 1. The molecule has 1 saturated carbocycles. The molecule has 0 amide bonds. The highest BCUT2D eigenvalue weighted by molar-refractivity contribution is 5.76. The van der Waals surface area contributed by atoms with Crippen molar-refractivity contribution in [2.75, 3.05) is 20.1 Å². The van der Waals surface area contributed by atoms with Gasteiger partial charge in [-0.2, -0.15) is 0 Å². The molecular weight excluding hydrogens is 366 g/mol. The lowest BCUT2D eigenvalue weighted by Crippen LogP contribution is -2.41. The van der Waals surface area contributed by atoms with Crippen LogP contribution >= 0.6 is 0 Å². The standard InChI is InChI=1S/C24H33NO4/c1-15-5-4-10-24(2)12-22-18(11-20(15)24)19(23(28)29-22)13-25(3)14-21(27)16-6-8-17(26)9-7-16/h6-9,18-19,21-22,26-27H,4-5,10-14H2,1-3H3/t18-,19-,21-,22+,24+/m0/s1. The van der Waals surface area contributed by atoms with Crippen LogP contribution in [-0.2, 0) is 9.53 Å². The molecule has 0 unspecified atom stereocenters. The van der Waals surface area contributed by atoms with E-state index in [9.17, 15) is 15.0 Å². The predicted molar refractivity (Wildman–Crippen MR) is 111 cm³/mol. The molecule has 0 radical (unpaired) electrons. The fraction of sp³-hybridized carbons (Fsp3) is 0.625. The first-order valence-corrected chi connectivity index (χ1v) is 10.8. The first-order valence-electron chi connectivity index (χ1n) is 10.8. The number of hydrogen-bond donors (Lipinski definition) is 2. The fourth-order valence-corrected chi connectivity index (χ4v) is 5.83. The van der Waals surface area contributed by atoms with E-state index < -0.39 is 6.10 Å². The fourth-order valence-electron chi connectivity index (χ4n) is 5.83. The number of likely N-dealkylation sites (N-methyl/N-ethyl adjacent to an activating group) is 1. The maximum Gasteiger partial charge on any atom is 0.310 e. The van der Waals surface area contributed by atoms with Gasteiger partial charge < -0.3 is 19.8 Å². The maximum absolute atomic E-state index is 12.7. The van der Waals surface area contributed by atoms with E-state index in [2.05, 4.69) is 13.8 Å². The Morgan fingerprint density at radius 3 is 2.76 bits per heavy atom. The van der Waals surface area contributed by atoms with E-state index in [1.165, 1.54) is 24.8 Å². The molecule has 2 aliphatic carbocycles. The third-order valence-corrected chi connectivity index (χ3v) is 7.45. The van der Waals surface area contributed by atoms with E-state index in [0.29, 0.717) is 13.1 Å². The zero-order valence-corrected chi connectivity index (χ0v) is 17.7. The SMILES string of the molecule is CC1=C2C[C@H]3[C@H](CN(C)C[C@H](O)c4ccc(O)cc4)C(=O)O[C@@H]3C[C@@]2(C)CCC1. The molecular formula is C24H33NO4. The minimum absolute atomic E-state index is 0.0302. The molecule has 1 aromatic rings. The van der Waals surface area contributed by atoms with Gasteiger partial charge in [-0.25, -0.2) is 0 Å². The summed E-state index contributed by atoms with van der Waals surface area (Å²) in [6.45, 7) is 5.64. The number of fused-ring (bicyclic) bond motifs is 2. The normalized spacial score (nSPS) is 32.7. The molecule has 2 N–H and O–H groups in total. The van der Waals surface area contributed by atoms with Crippen LogP contribution in [0.1, 0.15) is 57.6 Å². The van der Waals surface area contributed by atoms with Gasteiger partial charge >= 0.3 is 5.97 Å². The zero-order chi connectivity index (χ0) is 20.8. The molecule has 2 fully saturated rings. The number of allylic oxidation sites excluding steroid dienone is 2. The van der Waals surface area contributed by atoms with Crippen molar-refractivity contribution in [3.05, 3.63) is 41.0 Å². The van der Waals surface area contributed by atoms with Crippen molar-refractivity contribution >= 4 is 5.97 Å². The van der Waals surface area contributed by atoms with Gasteiger partial charge in [0.05, 0.1) is 12.0 Å². The molecule has 5 nitrogen and oxygen atoms in total. The molecule has 158 valence electrons. The molecule has 29 heavy (non-hydrogen) atoms. The Kier molecular flexibility index (Phi) is 5.47. The molecule has 4 rings (SSSR count). The van der Waals surface area contributed by atoms with Crippen molar-refractivity contribution < 1.29 is 19.7 Å². The second-order valence-electron chi connectivity index (χ2n) is 9.66. The number of aliphatic hydroxyl groups is 1. The monoisotopic (exact) mass is 399 g/mol. The molecule has 5 heteroatoms. The average molecular weight is 400 g/mol. The van der Waals surface area contributed by atoms with Gasteiger partial charge in [0.1, 0.15) is 11.9 Å². The molecule has 0 spiro atoms. The summed E-state index contributed by atoms with van der Waals surface area (Å²) in [6.07, 6.45) is 4.90. The van der Waals surface area contributed by atoms with Gasteiger partial charge in [0.2, 0.25) is 0 Å². The second kappa shape index (κ2) is 7.77. The number of rotatable bonds is 5. The lowest BCUT2D eigenvalue weighted by Gasteiger charge is -2.46. The van der Waals surface area contributed by atoms with Crippen LogP contribution in [0.2, 0.25) is 0 Å². The van der Waals surface area contributed by atoms with Crippen LogP contribution in [-0.4, -0.2) is 47.3 Å². The van der Waals surface area contributed by atoms with Gasteiger partial charge in [0, 0.05) is 19.0 Å². The lowest BCUT2D eigenvalue weighted by molar-refractivity contribution is -0.145. The minimum Gasteiger partial charge on any atom is -0.508 e. The summed E-state index contributed by atoms with van der Waals surface area (Å²) < 4.78 is 5.85. The Balaban J connectivity index is 1.43. The van der Waals surface area contributed by atoms with Gasteiger partial charge in [-0.15, -0.1) is 0 Å². The van der Waals surface area contributed by atoms with Crippen LogP contribution < -0.4 is 0 Å². The van der Waals surface area contributed by atoms with Crippen LogP contribution in [0.4, 0.5) is 0 Å². The number of carbonyl (C=O) groups excluding carboxylic acids is 1. The van der Waals surface area contributed by atoms with Crippen molar-refractivity contribution in [3.8, 4) is 5.75 Å². The number of benzene rings is 1. The third-order valence-electron chi connectivity index (χ3n) is 7.45. The number of hydrogen-bond acceptors (Lipinski definition) is 5. The minimum atomic E-state index is -0.660. The third kappa shape index (κ3) is 3.95. The van der Waals surface area contributed by atoms with E-state index in [4.69, 9.17) is 4.74 Å². The summed E-state index contributed by atoms with van der Waals surface area (Å²) >= 11 is 0. The predicted octanol–water partition coefficient (Wildman–Crippen LogP) is 3.82. The first kappa shape index (κ1) is 20.4. The zero-order valence-electron chi connectivity index (χ0n) is 17.7. The topological polar surface area (TPSA) is 70.0 Å². The number of nitrogens with zero attached hydrogens (tertiary/aromatic N) is 1. The molecule has 1 heterocycles. The Hall–Kier alpha value is -1.85. The van der Waals surface area contributed by atoms with Crippen molar-refractivity contribution in [3.63, 3.8) is 0 Å².